The van der Waals surface area contributed by atoms with Crippen molar-refractivity contribution in [1.29, 1.82) is 0 Å². The Labute approximate surface area is 87.5 Å². The van der Waals surface area contributed by atoms with Gasteiger partial charge in [-0.2, -0.15) is 0 Å². The van der Waals surface area contributed by atoms with E-state index in [1.54, 1.807) is 0 Å². The number of hydrogen-bond acceptors (Lipinski definition) is 1. The van der Waals surface area contributed by atoms with E-state index in [0.29, 0.717) is 5.92 Å². The zero-order valence-corrected chi connectivity index (χ0v) is 9.34. The SMILES string of the molecule is C[C@](N)(c1ccc(Br)cc1)C1CC1. The molecule has 1 aliphatic carbocycles. The average Bonchev–Trinajstić information content (AvgIpc) is 2.87. The van der Waals surface area contributed by atoms with Crippen LogP contribution in [-0.4, -0.2) is 0 Å². The van der Waals surface area contributed by atoms with E-state index in [0.717, 1.165) is 4.47 Å². The Morgan fingerprint density at radius 2 is 1.85 bits per heavy atom. The molecule has 1 aromatic carbocycles. The molecule has 0 aliphatic heterocycles. The summed E-state index contributed by atoms with van der Waals surface area (Å²) in [5, 5.41) is 0. The van der Waals surface area contributed by atoms with Crippen LogP contribution in [0.2, 0.25) is 0 Å². The molecule has 0 radical (unpaired) electrons. The Balaban J connectivity index is 2.28. The minimum absolute atomic E-state index is 0.124. The number of halogens is 1. The predicted molar refractivity (Wildman–Crippen MR) is 58.4 cm³/mol. The maximum Gasteiger partial charge on any atom is 0.0409 e. The highest BCUT2D eigenvalue weighted by Crippen LogP contribution is 2.43. The molecule has 0 aromatic heterocycles. The smallest absolute Gasteiger partial charge is 0.0409 e. The van der Waals surface area contributed by atoms with Gasteiger partial charge >= 0.3 is 0 Å². The molecule has 1 aliphatic rings. The summed E-state index contributed by atoms with van der Waals surface area (Å²) in [6.07, 6.45) is 2.56. The first-order valence-corrected chi connectivity index (χ1v) is 5.45. The van der Waals surface area contributed by atoms with Crippen LogP contribution in [0.5, 0.6) is 0 Å². The van der Waals surface area contributed by atoms with E-state index in [4.69, 9.17) is 5.73 Å². The normalized spacial score (nSPS) is 21.2. The Morgan fingerprint density at radius 3 is 2.31 bits per heavy atom. The first-order chi connectivity index (χ1) is 6.10. The highest BCUT2D eigenvalue weighted by molar-refractivity contribution is 9.10. The Kier molecular flexibility index (Phi) is 2.20. The van der Waals surface area contributed by atoms with Gasteiger partial charge < -0.3 is 5.73 Å². The van der Waals surface area contributed by atoms with E-state index < -0.39 is 0 Å². The van der Waals surface area contributed by atoms with Crippen LogP contribution >= 0.6 is 15.9 Å². The maximum absolute atomic E-state index is 6.28. The third-order valence-electron chi connectivity index (χ3n) is 2.89. The van der Waals surface area contributed by atoms with Crippen LogP contribution in [-0.2, 0) is 5.54 Å². The third kappa shape index (κ3) is 1.79. The fraction of sp³-hybridized carbons (Fsp3) is 0.455. The van der Waals surface area contributed by atoms with E-state index in [9.17, 15) is 0 Å². The molecule has 2 rings (SSSR count). The third-order valence-corrected chi connectivity index (χ3v) is 3.42. The highest BCUT2D eigenvalue weighted by Gasteiger charge is 2.39. The lowest BCUT2D eigenvalue weighted by Crippen LogP contribution is -2.35. The quantitative estimate of drug-likeness (QED) is 0.844. The van der Waals surface area contributed by atoms with E-state index in [2.05, 4.69) is 47.1 Å². The molecule has 0 spiro atoms. The molecule has 0 amide bonds. The van der Waals surface area contributed by atoms with Crippen molar-refractivity contribution in [3.05, 3.63) is 34.3 Å². The van der Waals surface area contributed by atoms with Crippen LogP contribution in [0.3, 0.4) is 0 Å². The molecular weight excluding hydrogens is 226 g/mol. The zero-order valence-electron chi connectivity index (χ0n) is 7.76. The largest absolute Gasteiger partial charge is 0.321 e. The van der Waals surface area contributed by atoms with Crippen molar-refractivity contribution in [2.24, 2.45) is 11.7 Å². The number of rotatable bonds is 2. The number of benzene rings is 1. The van der Waals surface area contributed by atoms with Crippen molar-refractivity contribution in [1.82, 2.24) is 0 Å². The number of nitrogens with two attached hydrogens (primary N) is 1. The lowest BCUT2D eigenvalue weighted by molar-refractivity contribution is 0.427. The molecule has 0 saturated heterocycles. The second kappa shape index (κ2) is 3.10. The monoisotopic (exact) mass is 239 g/mol. The van der Waals surface area contributed by atoms with E-state index in [-0.39, 0.29) is 5.54 Å². The van der Waals surface area contributed by atoms with E-state index in [1.807, 2.05) is 0 Å². The van der Waals surface area contributed by atoms with Gasteiger partial charge in [0.25, 0.3) is 0 Å². The van der Waals surface area contributed by atoms with Crippen molar-refractivity contribution >= 4 is 15.9 Å². The van der Waals surface area contributed by atoms with Gasteiger partial charge in [-0.05, 0) is 43.4 Å². The molecule has 2 N–H and O–H groups in total. The fourth-order valence-corrected chi connectivity index (χ4v) is 1.99. The summed E-state index contributed by atoms with van der Waals surface area (Å²) in [4.78, 5) is 0. The molecule has 0 unspecified atom stereocenters. The van der Waals surface area contributed by atoms with Gasteiger partial charge in [0, 0.05) is 10.0 Å². The van der Waals surface area contributed by atoms with Crippen molar-refractivity contribution in [3.63, 3.8) is 0 Å². The summed E-state index contributed by atoms with van der Waals surface area (Å²) < 4.78 is 1.11. The van der Waals surface area contributed by atoms with Crippen LogP contribution in [0.25, 0.3) is 0 Å². The van der Waals surface area contributed by atoms with Gasteiger partial charge in [-0.3, -0.25) is 0 Å². The molecule has 70 valence electrons. The fourth-order valence-electron chi connectivity index (χ4n) is 1.73. The van der Waals surface area contributed by atoms with Gasteiger partial charge in [0.1, 0.15) is 0 Å². The minimum atomic E-state index is -0.124. The summed E-state index contributed by atoms with van der Waals surface area (Å²) in [6, 6.07) is 8.34. The molecule has 1 aromatic rings. The molecule has 0 heterocycles. The summed E-state index contributed by atoms with van der Waals surface area (Å²) in [7, 11) is 0. The van der Waals surface area contributed by atoms with Crippen LogP contribution < -0.4 is 5.73 Å². The van der Waals surface area contributed by atoms with E-state index in [1.165, 1.54) is 18.4 Å². The minimum Gasteiger partial charge on any atom is -0.321 e. The Morgan fingerprint density at radius 1 is 1.31 bits per heavy atom. The van der Waals surface area contributed by atoms with Gasteiger partial charge in [-0.15, -0.1) is 0 Å². The lowest BCUT2D eigenvalue weighted by atomic mass is 9.88. The van der Waals surface area contributed by atoms with Crippen LogP contribution in [0.15, 0.2) is 28.7 Å². The lowest BCUT2D eigenvalue weighted by Gasteiger charge is -2.25. The first kappa shape index (κ1) is 9.22. The van der Waals surface area contributed by atoms with Gasteiger partial charge in [-0.1, -0.05) is 28.1 Å². The topological polar surface area (TPSA) is 26.0 Å². The summed E-state index contributed by atoms with van der Waals surface area (Å²) >= 11 is 3.42. The summed E-state index contributed by atoms with van der Waals surface area (Å²) in [5.74, 6) is 0.689. The van der Waals surface area contributed by atoms with Crippen molar-refractivity contribution in [2.45, 2.75) is 25.3 Å². The number of hydrogen-bond donors (Lipinski definition) is 1. The zero-order chi connectivity index (χ0) is 9.47. The second-order valence-electron chi connectivity index (χ2n) is 4.06. The van der Waals surface area contributed by atoms with Crippen molar-refractivity contribution in [3.8, 4) is 0 Å². The average molecular weight is 240 g/mol. The molecule has 1 fully saturated rings. The molecule has 1 saturated carbocycles. The summed E-state index contributed by atoms with van der Waals surface area (Å²) in [6.45, 7) is 2.13. The van der Waals surface area contributed by atoms with Crippen LogP contribution in [0, 0.1) is 5.92 Å². The van der Waals surface area contributed by atoms with Crippen LogP contribution in [0.1, 0.15) is 25.3 Å². The predicted octanol–water partition coefficient (Wildman–Crippen LogP) is 3.03. The van der Waals surface area contributed by atoms with Crippen molar-refractivity contribution in [2.75, 3.05) is 0 Å². The standard InChI is InChI=1S/C11H14BrN/c1-11(13,8-2-3-8)9-4-6-10(12)7-5-9/h4-8H,2-3,13H2,1H3/t11-/m1/s1. The Hall–Kier alpha value is -0.340. The first-order valence-electron chi connectivity index (χ1n) is 4.65. The molecular formula is C11H14BrN. The molecule has 2 heteroatoms. The molecule has 1 nitrogen and oxygen atoms in total. The maximum atomic E-state index is 6.28. The molecule has 1 atom stereocenters. The summed E-state index contributed by atoms with van der Waals surface area (Å²) in [5.41, 5.74) is 7.40. The van der Waals surface area contributed by atoms with Crippen LogP contribution in [0.4, 0.5) is 0 Å². The molecule has 0 bridgehead atoms. The Bertz CT molecular complexity index is 298. The van der Waals surface area contributed by atoms with Crippen molar-refractivity contribution < 1.29 is 0 Å². The van der Waals surface area contributed by atoms with Gasteiger partial charge in [0.15, 0.2) is 0 Å². The second-order valence-corrected chi connectivity index (χ2v) is 4.98. The van der Waals surface area contributed by atoms with Gasteiger partial charge in [0.05, 0.1) is 0 Å². The van der Waals surface area contributed by atoms with Gasteiger partial charge in [-0.25, -0.2) is 0 Å². The molecule has 13 heavy (non-hydrogen) atoms. The van der Waals surface area contributed by atoms with Gasteiger partial charge in [0.2, 0.25) is 0 Å². The van der Waals surface area contributed by atoms with E-state index >= 15 is 0 Å². The highest BCUT2D eigenvalue weighted by atomic mass is 79.9.